The Morgan fingerprint density at radius 1 is 1.17 bits per heavy atom. The first-order valence-electron chi connectivity index (χ1n) is 6.62. The molecule has 0 radical (unpaired) electrons. The highest BCUT2D eigenvalue weighted by molar-refractivity contribution is 6.03. The van der Waals surface area contributed by atoms with Crippen LogP contribution in [0.4, 0.5) is 10.1 Å². The van der Waals surface area contributed by atoms with Gasteiger partial charge in [-0.2, -0.15) is 0 Å². The van der Waals surface area contributed by atoms with Gasteiger partial charge in [-0.15, -0.1) is 0 Å². The number of anilines is 1. The van der Waals surface area contributed by atoms with Gasteiger partial charge in [-0.25, -0.2) is 14.0 Å². The smallest absolute Gasteiger partial charge is 0.355 e. The molecule has 0 fully saturated rings. The molecule has 0 unspecified atom stereocenters. The minimum atomic E-state index is -0.736. The van der Waals surface area contributed by atoms with Gasteiger partial charge in [0.1, 0.15) is 24.0 Å². The molecule has 0 N–H and O–H groups in total. The average Bonchev–Trinajstić information content (AvgIpc) is 2.59. The van der Waals surface area contributed by atoms with Gasteiger partial charge in [0.2, 0.25) is 0 Å². The molecule has 2 rings (SSSR count). The van der Waals surface area contributed by atoms with Crippen LogP contribution in [0, 0.1) is 5.82 Å². The molecule has 0 spiro atoms. The summed E-state index contributed by atoms with van der Waals surface area (Å²) in [7, 11) is 3.76. The summed E-state index contributed by atoms with van der Waals surface area (Å²) >= 11 is 0. The Balaban J connectivity index is 2.60. The topological polar surface area (TPSA) is 74.3 Å². The maximum Gasteiger partial charge on any atom is 0.355 e. The molecule has 1 aliphatic rings. The molecule has 0 amide bonds. The maximum absolute atomic E-state index is 13.4. The van der Waals surface area contributed by atoms with E-state index in [0.29, 0.717) is 5.69 Å². The van der Waals surface area contributed by atoms with Gasteiger partial charge < -0.3 is 23.8 Å². The highest BCUT2D eigenvalue weighted by atomic mass is 19.1. The Morgan fingerprint density at radius 3 is 2.48 bits per heavy atom. The van der Waals surface area contributed by atoms with E-state index in [1.54, 1.807) is 0 Å². The van der Waals surface area contributed by atoms with Gasteiger partial charge in [-0.1, -0.05) is 0 Å². The number of rotatable bonds is 4. The molecule has 0 saturated heterocycles. The van der Waals surface area contributed by atoms with Crippen LogP contribution < -0.4 is 9.64 Å². The molecule has 1 aromatic rings. The van der Waals surface area contributed by atoms with Crippen LogP contribution in [0.5, 0.6) is 5.75 Å². The summed E-state index contributed by atoms with van der Waals surface area (Å²) in [6.45, 7) is -0.135. The summed E-state index contributed by atoms with van der Waals surface area (Å²) in [4.78, 5) is 25.4. The molecule has 1 aliphatic heterocycles. The molecule has 7 nitrogen and oxygen atoms in total. The van der Waals surface area contributed by atoms with E-state index >= 15 is 0 Å². The molecular formula is C15H16FNO6. The van der Waals surface area contributed by atoms with Crippen molar-refractivity contribution in [2.45, 2.75) is 0 Å². The second-order valence-electron chi connectivity index (χ2n) is 4.53. The third-order valence-corrected chi connectivity index (χ3v) is 3.27. The van der Waals surface area contributed by atoms with E-state index in [0.717, 1.165) is 6.07 Å². The van der Waals surface area contributed by atoms with E-state index in [-0.39, 0.29) is 30.4 Å². The largest absolute Gasteiger partial charge is 0.494 e. The van der Waals surface area contributed by atoms with Gasteiger partial charge in [0, 0.05) is 6.07 Å². The van der Waals surface area contributed by atoms with Gasteiger partial charge in [0.05, 0.1) is 39.2 Å². The Kier molecular flexibility index (Phi) is 5.17. The number of halogens is 1. The van der Waals surface area contributed by atoms with Crippen LogP contribution in [0.3, 0.4) is 0 Å². The molecule has 124 valence electrons. The molecule has 1 heterocycles. The van der Waals surface area contributed by atoms with Crippen molar-refractivity contribution >= 4 is 17.6 Å². The maximum atomic E-state index is 13.4. The van der Waals surface area contributed by atoms with Crippen LogP contribution in [0.1, 0.15) is 0 Å². The number of nitrogens with zero attached hydrogens (tertiary/aromatic N) is 1. The number of ether oxygens (including phenoxy) is 4. The van der Waals surface area contributed by atoms with Crippen molar-refractivity contribution in [1.82, 2.24) is 0 Å². The van der Waals surface area contributed by atoms with Crippen molar-refractivity contribution in [3.05, 3.63) is 35.3 Å². The number of esters is 2. The van der Waals surface area contributed by atoms with Crippen molar-refractivity contribution in [3.8, 4) is 5.75 Å². The molecule has 0 aliphatic carbocycles. The second kappa shape index (κ2) is 7.10. The molecule has 0 atom stereocenters. The van der Waals surface area contributed by atoms with Crippen LogP contribution in [0.2, 0.25) is 0 Å². The second-order valence-corrected chi connectivity index (χ2v) is 4.53. The molecular weight excluding hydrogens is 309 g/mol. The summed E-state index contributed by atoms with van der Waals surface area (Å²) in [5.74, 6) is -1.77. The standard InChI is InChI=1S/C15H16FNO6/c1-20-12-6-9(16)4-5-11(12)17-8-23-7-10(14(18)21-2)13(17)15(19)22-3/h4-6H,7-8H2,1-3H3. The zero-order chi connectivity index (χ0) is 17.0. The zero-order valence-corrected chi connectivity index (χ0v) is 12.9. The van der Waals surface area contributed by atoms with Crippen molar-refractivity contribution in [2.24, 2.45) is 0 Å². The van der Waals surface area contributed by atoms with E-state index in [9.17, 15) is 14.0 Å². The van der Waals surface area contributed by atoms with Gasteiger partial charge in [-0.05, 0) is 12.1 Å². The lowest BCUT2D eigenvalue weighted by atomic mass is 10.1. The predicted molar refractivity (Wildman–Crippen MR) is 77.3 cm³/mol. The number of benzene rings is 1. The van der Waals surface area contributed by atoms with E-state index in [1.807, 2.05) is 0 Å². The third-order valence-electron chi connectivity index (χ3n) is 3.27. The number of hydrogen-bond acceptors (Lipinski definition) is 7. The first-order valence-corrected chi connectivity index (χ1v) is 6.62. The van der Waals surface area contributed by atoms with Crippen LogP contribution in [-0.2, 0) is 23.8 Å². The normalized spacial score (nSPS) is 14.5. The van der Waals surface area contributed by atoms with Crippen molar-refractivity contribution in [1.29, 1.82) is 0 Å². The van der Waals surface area contributed by atoms with Gasteiger partial charge in [-0.3, -0.25) is 0 Å². The van der Waals surface area contributed by atoms with Crippen molar-refractivity contribution in [3.63, 3.8) is 0 Å². The minimum absolute atomic E-state index is 0.0111. The van der Waals surface area contributed by atoms with Gasteiger partial charge in [0.15, 0.2) is 0 Å². The molecule has 0 aromatic heterocycles. The van der Waals surface area contributed by atoms with Crippen LogP contribution in [0.25, 0.3) is 0 Å². The first-order chi connectivity index (χ1) is 11.0. The van der Waals surface area contributed by atoms with Crippen molar-refractivity contribution in [2.75, 3.05) is 39.6 Å². The Morgan fingerprint density at radius 2 is 1.87 bits per heavy atom. The quantitative estimate of drug-likeness (QED) is 0.771. The molecule has 23 heavy (non-hydrogen) atoms. The van der Waals surface area contributed by atoms with Crippen LogP contribution in [-0.4, -0.2) is 46.6 Å². The van der Waals surface area contributed by atoms with E-state index in [2.05, 4.69) is 4.74 Å². The Labute approximate surface area is 132 Å². The summed E-state index contributed by atoms with van der Waals surface area (Å²) in [6, 6.07) is 3.79. The fourth-order valence-electron chi connectivity index (χ4n) is 2.21. The SMILES string of the molecule is COC(=O)C1=C(C(=O)OC)N(c2ccc(F)cc2OC)COC1. The predicted octanol–water partition coefficient (Wildman–Crippen LogP) is 1.23. The summed E-state index contributed by atoms with van der Waals surface area (Å²) in [5.41, 5.74) is 0.336. The highest BCUT2D eigenvalue weighted by Crippen LogP contribution is 2.34. The number of carbonyl (C=O) groups excluding carboxylic acids is 2. The monoisotopic (exact) mass is 325 g/mol. The average molecular weight is 325 g/mol. The zero-order valence-electron chi connectivity index (χ0n) is 12.9. The fourth-order valence-corrected chi connectivity index (χ4v) is 2.21. The third kappa shape index (κ3) is 3.26. The lowest BCUT2D eigenvalue weighted by Crippen LogP contribution is -2.39. The van der Waals surface area contributed by atoms with Gasteiger partial charge >= 0.3 is 11.9 Å². The van der Waals surface area contributed by atoms with E-state index < -0.39 is 17.8 Å². The molecule has 0 bridgehead atoms. The summed E-state index contributed by atoms with van der Waals surface area (Å²) in [6.07, 6.45) is 0. The first kappa shape index (κ1) is 16.8. The lowest BCUT2D eigenvalue weighted by Gasteiger charge is -2.32. The summed E-state index contributed by atoms with van der Waals surface area (Å²) in [5, 5.41) is 0. The number of methoxy groups -OCH3 is 3. The van der Waals surface area contributed by atoms with E-state index in [4.69, 9.17) is 14.2 Å². The number of carbonyl (C=O) groups is 2. The Bertz CT molecular complexity index is 657. The van der Waals surface area contributed by atoms with Gasteiger partial charge in [0.25, 0.3) is 0 Å². The Hall–Kier alpha value is -2.61. The van der Waals surface area contributed by atoms with Crippen molar-refractivity contribution < 1.29 is 32.9 Å². The number of hydrogen-bond donors (Lipinski definition) is 0. The van der Waals surface area contributed by atoms with Crippen LogP contribution in [0.15, 0.2) is 29.5 Å². The molecule has 1 aromatic carbocycles. The van der Waals surface area contributed by atoms with Crippen LogP contribution >= 0.6 is 0 Å². The van der Waals surface area contributed by atoms with E-state index in [1.165, 1.54) is 38.4 Å². The highest BCUT2D eigenvalue weighted by Gasteiger charge is 2.33. The lowest BCUT2D eigenvalue weighted by molar-refractivity contribution is -0.140. The minimum Gasteiger partial charge on any atom is -0.494 e. The molecule has 0 saturated carbocycles. The fraction of sp³-hybridized carbons (Fsp3) is 0.333. The summed E-state index contributed by atoms with van der Waals surface area (Å²) < 4.78 is 33.3. The molecule has 8 heteroatoms.